The number of carbonyl (C=O) groups is 1. The molecule has 0 spiro atoms. The van der Waals surface area contributed by atoms with Gasteiger partial charge < -0.3 is 4.74 Å². The van der Waals surface area contributed by atoms with Gasteiger partial charge in [-0.2, -0.15) is 0 Å². The van der Waals surface area contributed by atoms with Gasteiger partial charge in [0.25, 0.3) is 0 Å². The molecular weight excluding hydrogens is 335 g/mol. The van der Waals surface area contributed by atoms with Gasteiger partial charge in [0.05, 0.1) is 0 Å². The predicted molar refractivity (Wildman–Crippen MR) is 102 cm³/mol. The minimum Gasteiger partial charge on any atom is -0.486 e. The second kappa shape index (κ2) is 9.04. The van der Waals surface area contributed by atoms with Crippen molar-refractivity contribution < 1.29 is 13.9 Å². The number of Topliss-reactive ketones (excluding diaryl/α,β-unsaturated/α-hetero) is 1. The summed E-state index contributed by atoms with van der Waals surface area (Å²) in [5.74, 6) is -0.102. The van der Waals surface area contributed by atoms with Gasteiger partial charge >= 0.3 is 0 Å². The molecule has 0 amide bonds. The van der Waals surface area contributed by atoms with Crippen molar-refractivity contribution in [2.45, 2.75) is 51.0 Å². The third-order valence-electron chi connectivity index (χ3n) is 4.46. The molecule has 2 aromatic carbocycles. The molecule has 1 atom stereocenters. The predicted octanol–water partition coefficient (Wildman–Crippen LogP) is 5.77. The van der Waals surface area contributed by atoms with E-state index in [1.54, 1.807) is 17.8 Å². The summed E-state index contributed by atoms with van der Waals surface area (Å²) in [7, 11) is 0. The van der Waals surface area contributed by atoms with Gasteiger partial charge in [0.15, 0.2) is 11.6 Å². The molecule has 0 radical (unpaired) electrons. The average molecular weight is 360 g/mol. The van der Waals surface area contributed by atoms with Crippen LogP contribution in [0.4, 0.5) is 4.39 Å². The van der Waals surface area contributed by atoms with Crippen LogP contribution in [0.15, 0.2) is 41.3 Å². The number of ketones is 1. The van der Waals surface area contributed by atoms with Crippen LogP contribution >= 0.6 is 11.8 Å². The van der Waals surface area contributed by atoms with E-state index < -0.39 is 0 Å². The molecule has 0 aliphatic heterocycles. The first kappa shape index (κ1) is 19.5. The minimum atomic E-state index is -0.347. The lowest BCUT2D eigenvalue weighted by molar-refractivity contribution is -0.119. The van der Waals surface area contributed by atoms with Gasteiger partial charge in [-0.15, -0.1) is 11.8 Å². The van der Waals surface area contributed by atoms with Crippen LogP contribution in [-0.4, -0.2) is 12.0 Å². The van der Waals surface area contributed by atoms with Gasteiger partial charge in [-0.1, -0.05) is 39.0 Å². The van der Waals surface area contributed by atoms with Crippen LogP contribution < -0.4 is 4.74 Å². The Morgan fingerprint density at radius 1 is 1.24 bits per heavy atom. The van der Waals surface area contributed by atoms with E-state index in [2.05, 4.69) is 0 Å². The van der Waals surface area contributed by atoms with Crippen molar-refractivity contribution in [1.82, 2.24) is 0 Å². The maximum atomic E-state index is 14.2. The summed E-state index contributed by atoms with van der Waals surface area (Å²) < 4.78 is 19.9. The normalized spacial score (nSPS) is 12.0. The van der Waals surface area contributed by atoms with Crippen molar-refractivity contribution in [3.63, 3.8) is 0 Å². The molecule has 0 N–H and O–H groups in total. The van der Waals surface area contributed by atoms with Crippen molar-refractivity contribution in [3.05, 3.63) is 58.9 Å². The van der Waals surface area contributed by atoms with E-state index in [-0.39, 0.29) is 29.9 Å². The molecule has 2 aromatic rings. The third-order valence-corrected chi connectivity index (χ3v) is 5.29. The molecule has 0 heterocycles. The summed E-state index contributed by atoms with van der Waals surface area (Å²) >= 11 is 1.61. The quantitative estimate of drug-likeness (QED) is 0.559. The fourth-order valence-electron chi connectivity index (χ4n) is 2.84. The second-order valence-electron chi connectivity index (χ2n) is 5.98. The molecule has 0 fully saturated rings. The van der Waals surface area contributed by atoms with E-state index in [0.29, 0.717) is 6.42 Å². The Hall–Kier alpha value is -1.81. The molecule has 0 saturated carbocycles. The standard InChI is InChI=1S/C21H25FO2S/c1-5-15-10-11-20(18(22)12-15)24-13-17-16(14(3)19(23)6-2)8-7-9-21(17)25-4/h7-12,14H,5-6,13H2,1-4H3. The largest absolute Gasteiger partial charge is 0.486 e. The lowest BCUT2D eigenvalue weighted by Crippen LogP contribution is -2.12. The van der Waals surface area contributed by atoms with Crippen LogP contribution in [0.2, 0.25) is 0 Å². The number of aryl methyl sites for hydroxylation is 1. The second-order valence-corrected chi connectivity index (χ2v) is 6.82. The zero-order chi connectivity index (χ0) is 18.4. The molecule has 4 heteroatoms. The molecule has 0 aromatic heterocycles. The monoisotopic (exact) mass is 360 g/mol. The van der Waals surface area contributed by atoms with E-state index in [1.807, 2.05) is 51.3 Å². The zero-order valence-corrected chi connectivity index (χ0v) is 16.1. The van der Waals surface area contributed by atoms with Crippen LogP contribution in [0.1, 0.15) is 49.8 Å². The van der Waals surface area contributed by atoms with E-state index in [4.69, 9.17) is 4.74 Å². The highest BCUT2D eigenvalue weighted by molar-refractivity contribution is 7.98. The van der Waals surface area contributed by atoms with Gasteiger partial charge in [0.2, 0.25) is 0 Å². The van der Waals surface area contributed by atoms with E-state index >= 15 is 0 Å². The summed E-state index contributed by atoms with van der Waals surface area (Å²) in [5.41, 5.74) is 2.87. The molecule has 0 aliphatic rings. The van der Waals surface area contributed by atoms with Gasteiger partial charge in [-0.25, -0.2) is 4.39 Å². The Bertz CT molecular complexity index is 743. The van der Waals surface area contributed by atoms with Crippen molar-refractivity contribution in [1.29, 1.82) is 0 Å². The minimum absolute atomic E-state index is 0.192. The molecule has 134 valence electrons. The van der Waals surface area contributed by atoms with Crippen molar-refractivity contribution in [2.24, 2.45) is 0 Å². The maximum absolute atomic E-state index is 14.2. The number of benzene rings is 2. The highest BCUT2D eigenvalue weighted by atomic mass is 32.2. The molecular formula is C21H25FO2S. The maximum Gasteiger partial charge on any atom is 0.165 e. The SMILES string of the molecule is CCC(=O)C(C)c1cccc(SC)c1COc1ccc(CC)cc1F. The van der Waals surface area contributed by atoms with Crippen LogP contribution in [0.3, 0.4) is 0 Å². The molecule has 0 bridgehead atoms. The fourth-order valence-corrected chi connectivity index (χ4v) is 3.48. The first-order valence-electron chi connectivity index (χ1n) is 8.61. The van der Waals surface area contributed by atoms with Gasteiger partial charge in [-0.3, -0.25) is 4.79 Å². The van der Waals surface area contributed by atoms with E-state index in [1.165, 1.54) is 6.07 Å². The first-order chi connectivity index (χ1) is 12.0. The Morgan fingerprint density at radius 3 is 2.60 bits per heavy atom. The number of thioether (sulfide) groups is 1. The summed E-state index contributed by atoms with van der Waals surface area (Å²) in [4.78, 5) is 13.2. The van der Waals surface area contributed by atoms with Crippen molar-refractivity contribution in [3.8, 4) is 5.75 Å². The van der Waals surface area contributed by atoms with Gasteiger partial charge in [0.1, 0.15) is 12.4 Å². The highest BCUT2D eigenvalue weighted by Gasteiger charge is 2.19. The van der Waals surface area contributed by atoms with E-state index in [0.717, 1.165) is 28.0 Å². The van der Waals surface area contributed by atoms with Crippen molar-refractivity contribution >= 4 is 17.5 Å². The lowest BCUT2D eigenvalue weighted by atomic mass is 9.91. The molecule has 0 saturated heterocycles. The number of hydrogen-bond acceptors (Lipinski definition) is 3. The summed E-state index contributed by atoms with van der Waals surface area (Å²) in [6, 6.07) is 11.0. The summed E-state index contributed by atoms with van der Waals surface area (Å²) in [6.07, 6.45) is 3.27. The summed E-state index contributed by atoms with van der Waals surface area (Å²) in [6.45, 7) is 6.03. The van der Waals surface area contributed by atoms with Crippen LogP contribution in [-0.2, 0) is 17.8 Å². The van der Waals surface area contributed by atoms with Gasteiger partial charge in [0, 0.05) is 22.8 Å². The average Bonchev–Trinajstić information content (AvgIpc) is 2.65. The van der Waals surface area contributed by atoms with Crippen LogP contribution in [0, 0.1) is 5.82 Å². The van der Waals surface area contributed by atoms with Crippen LogP contribution in [0.5, 0.6) is 5.75 Å². The molecule has 2 nitrogen and oxygen atoms in total. The topological polar surface area (TPSA) is 26.3 Å². The van der Waals surface area contributed by atoms with Gasteiger partial charge in [-0.05, 0) is 42.0 Å². The first-order valence-corrected chi connectivity index (χ1v) is 9.83. The number of rotatable bonds is 8. The van der Waals surface area contributed by atoms with Crippen molar-refractivity contribution in [2.75, 3.05) is 6.26 Å². The number of ether oxygens (including phenoxy) is 1. The Kier molecular flexibility index (Phi) is 7.06. The number of carbonyl (C=O) groups excluding carboxylic acids is 1. The van der Waals surface area contributed by atoms with Crippen LogP contribution in [0.25, 0.3) is 0 Å². The molecule has 0 aliphatic carbocycles. The Balaban J connectivity index is 2.30. The summed E-state index contributed by atoms with van der Waals surface area (Å²) in [5, 5.41) is 0. The third kappa shape index (κ3) is 4.63. The number of halogens is 1. The number of hydrogen-bond donors (Lipinski definition) is 0. The fraction of sp³-hybridized carbons (Fsp3) is 0.381. The Labute approximate surface area is 153 Å². The van der Waals surface area contributed by atoms with E-state index in [9.17, 15) is 9.18 Å². The zero-order valence-electron chi connectivity index (χ0n) is 15.3. The smallest absolute Gasteiger partial charge is 0.165 e. The molecule has 2 rings (SSSR count). The highest BCUT2D eigenvalue weighted by Crippen LogP contribution is 2.31. The molecule has 1 unspecified atom stereocenters. The lowest BCUT2D eigenvalue weighted by Gasteiger charge is -2.19. The molecule has 25 heavy (non-hydrogen) atoms. The Morgan fingerprint density at radius 2 is 2.00 bits per heavy atom.